The Kier molecular flexibility index (Phi) is 9.76. The second-order valence-corrected chi connectivity index (χ2v) is 11.7. The Balaban J connectivity index is 1.98. The number of ether oxygens (including phenoxy) is 2. The number of hydrogen-bond donors (Lipinski definition) is 4. The molecule has 3 aromatic rings. The van der Waals surface area contributed by atoms with E-state index < -0.39 is 35.1 Å². The molecule has 0 aliphatic rings. The van der Waals surface area contributed by atoms with Crippen LogP contribution in [-0.2, 0) is 20.8 Å². The summed E-state index contributed by atoms with van der Waals surface area (Å²) in [6.45, 7) is 12.9. The van der Waals surface area contributed by atoms with Crippen LogP contribution in [0.5, 0.6) is 0 Å². The van der Waals surface area contributed by atoms with Crippen molar-refractivity contribution in [3.8, 4) is 0 Å². The van der Waals surface area contributed by atoms with Crippen molar-refractivity contribution in [1.29, 1.82) is 0 Å². The quantitative estimate of drug-likeness (QED) is 0.195. The van der Waals surface area contributed by atoms with Crippen LogP contribution in [0, 0.1) is 6.92 Å². The van der Waals surface area contributed by atoms with Gasteiger partial charge in [0.15, 0.2) is 5.69 Å². The van der Waals surface area contributed by atoms with E-state index in [0.717, 1.165) is 0 Å². The molecule has 0 radical (unpaired) electrons. The van der Waals surface area contributed by atoms with Gasteiger partial charge in [0.05, 0.1) is 23.0 Å². The van der Waals surface area contributed by atoms with E-state index in [0.29, 0.717) is 35.3 Å². The monoisotopic (exact) mass is 582 g/mol. The fourth-order valence-electron chi connectivity index (χ4n) is 3.97. The highest BCUT2D eigenvalue weighted by Gasteiger charge is 2.21. The molecule has 0 aliphatic heterocycles. The van der Waals surface area contributed by atoms with Gasteiger partial charge in [-0.3, -0.25) is 20.0 Å². The molecule has 0 atom stereocenters. The van der Waals surface area contributed by atoms with E-state index in [1.807, 2.05) is 0 Å². The summed E-state index contributed by atoms with van der Waals surface area (Å²) in [5.74, 6) is -1.94. The third-order valence-corrected chi connectivity index (χ3v) is 5.51. The molecule has 2 amide bonds. The number of aromatic nitrogens is 4. The number of carboxylic acids is 1. The lowest BCUT2D eigenvalue weighted by molar-refractivity contribution is -0.153. The van der Waals surface area contributed by atoms with Gasteiger partial charge in [0.2, 0.25) is 5.95 Å². The number of alkyl carbamates (subject to hydrolysis) is 1. The van der Waals surface area contributed by atoms with Gasteiger partial charge in [-0.25, -0.2) is 14.6 Å². The van der Waals surface area contributed by atoms with Crippen molar-refractivity contribution < 1.29 is 33.8 Å². The van der Waals surface area contributed by atoms with Crippen molar-refractivity contribution in [3.63, 3.8) is 0 Å². The molecular weight excluding hydrogens is 544 g/mol. The van der Waals surface area contributed by atoms with Crippen molar-refractivity contribution in [3.05, 3.63) is 46.8 Å². The minimum absolute atomic E-state index is 0.0172. The summed E-state index contributed by atoms with van der Waals surface area (Å²) in [5, 5.41) is 21.9. The third kappa shape index (κ3) is 9.18. The number of aromatic carboxylic acids is 1. The predicted molar refractivity (Wildman–Crippen MR) is 156 cm³/mol. The highest BCUT2D eigenvalue weighted by molar-refractivity contribution is 6.04. The number of amides is 2. The summed E-state index contributed by atoms with van der Waals surface area (Å²) in [7, 11) is 0. The van der Waals surface area contributed by atoms with E-state index in [9.17, 15) is 24.3 Å². The number of benzene rings is 1. The number of carboxylic acid groups (broad SMARTS) is 1. The number of aryl methyl sites for hydroxylation is 2. The number of hydrogen-bond acceptors (Lipinski definition) is 8. The number of carbonyl (C=O) groups excluding carboxylic acids is 3. The van der Waals surface area contributed by atoms with Gasteiger partial charge in [0, 0.05) is 24.3 Å². The lowest BCUT2D eigenvalue weighted by Crippen LogP contribution is -2.33. The van der Waals surface area contributed by atoms with Crippen LogP contribution >= 0.6 is 0 Å². The summed E-state index contributed by atoms with van der Waals surface area (Å²) in [5.41, 5.74) is 0.870. The number of nitrogens with one attached hydrogen (secondary N) is 3. The van der Waals surface area contributed by atoms with Crippen molar-refractivity contribution in [2.75, 3.05) is 11.9 Å². The Bertz CT molecular complexity index is 1500. The molecule has 0 bridgehead atoms. The van der Waals surface area contributed by atoms with E-state index >= 15 is 0 Å². The fraction of sp³-hybridized carbons (Fsp3) is 0.448. The van der Waals surface area contributed by atoms with Crippen LogP contribution in [0.25, 0.3) is 17.1 Å². The Morgan fingerprint density at radius 3 is 2.33 bits per heavy atom. The van der Waals surface area contributed by atoms with Gasteiger partial charge in [0.25, 0.3) is 5.91 Å². The van der Waals surface area contributed by atoms with Crippen LogP contribution in [-0.4, -0.2) is 66.5 Å². The standard InChI is InChI=1S/C29H38N6O7/c1-17-14-21(34-33-17)24(37)32-26-31-20-16-19(25(38)39)15-18(10-8-11-22(36)41-28(2,3)4)23(20)35(26)13-9-12-30-27(40)42-29(5,6)7/h8,10,14-16H,9,11-13H2,1-7H3,(H,30,40)(H,33,34)(H,38,39)(H,31,32,37). The Morgan fingerprint density at radius 1 is 1.05 bits per heavy atom. The molecule has 0 spiro atoms. The molecule has 226 valence electrons. The van der Waals surface area contributed by atoms with Gasteiger partial charge in [-0.15, -0.1) is 0 Å². The molecule has 3 rings (SSSR count). The van der Waals surface area contributed by atoms with E-state index in [2.05, 4.69) is 25.8 Å². The van der Waals surface area contributed by atoms with E-state index in [-0.39, 0.29) is 30.2 Å². The molecule has 2 aromatic heterocycles. The second-order valence-electron chi connectivity index (χ2n) is 11.7. The van der Waals surface area contributed by atoms with Crippen molar-refractivity contribution in [2.24, 2.45) is 0 Å². The zero-order valence-electron chi connectivity index (χ0n) is 25.0. The molecule has 0 saturated carbocycles. The number of nitrogens with zero attached hydrogens (tertiary/aromatic N) is 3. The summed E-state index contributed by atoms with van der Waals surface area (Å²) in [6, 6.07) is 4.46. The molecule has 0 unspecified atom stereocenters. The lowest BCUT2D eigenvalue weighted by atomic mass is 10.1. The van der Waals surface area contributed by atoms with Gasteiger partial charge in [-0.1, -0.05) is 12.2 Å². The average Bonchev–Trinajstić information content (AvgIpc) is 3.42. The summed E-state index contributed by atoms with van der Waals surface area (Å²) < 4.78 is 12.4. The average molecular weight is 583 g/mol. The van der Waals surface area contributed by atoms with Crippen molar-refractivity contribution >= 4 is 47.0 Å². The van der Waals surface area contributed by atoms with Gasteiger partial charge >= 0.3 is 18.0 Å². The van der Waals surface area contributed by atoms with Crippen LogP contribution in [0.15, 0.2) is 24.3 Å². The van der Waals surface area contributed by atoms with Crippen LogP contribution in [0.2, 0.25) is 0 Å². The first-order valence-electron chi connectivity index (χ1n) is 13.5. The van der Waals surface area contributed by atoms with Crippen LogP contribution in [0.3, 0.4) is 0 Å². The SMILES string of the molecule is Cc1cc(C(=O)Nc2nc3cc(C(=O)O)cc(C=CCC(=O)OC(C)(C)C)c3n2CCCNC(=O)OC(C)(C)C)n[nH]1. The molecule has 0 aliphatic carbocycles. The minimum atomic E-state index is -1.16. The molecule has 0 saturated heterocycles. The molecule has 42 heavy (non-hydrogen) atoms. The molecule has 4 N–H and O–H groups in total. The second kappa shape index (κ2) is 12.9. The molecule has 0 fully saturated rings. The molecular formula is C29H38N6O7. The van der Waals surface area contributed by atoms with E-state index in [4.69, 9.17) is 9.47 Å². The molecule has 2 heterocycles. The molecule has 13 heteroatoms. The first-order valence-corrected chi connectivity index (χ1v) is 13.5. The lowest BCUT2D eigenvalue weighted by Gasteiger charge is -2.19. The van der Waals surface area contributed by atoms with Crippen molar-refractivity contribution in [1.82, 2.24) is 25.1 Å². The van der Waals surface area contributed by atoms with E-state index in [1.54, 1.807) is 71.3 Å². The highest BCUT2D eigenvalue weighted by Crippen LogP contribution is 2.27. The summed E-state index contributed by atoms with van der Waals surface area (Å²) in [4.78, 5) is 53.7. The minimum Gasteiger partial charge on any atom is -0.478 e. The zero-order chi connectivity index (χ0) is 31.2. The Labute approximate surface area is 243 Å². The fourth-order valence-corrected chi connectivity index (χ4v) is 3.97. The number of imidazole rings is 1. The molecule has 13 nitrogen and oxygen atoms in total. The first kappa shape index (κ1) is 31.8. The maximum absolute atomic E-state index is 12.9. The number of aromatic amines is 1. The Morgan fingerprint density at radius 2 is 1.74 bits per heavy atom. The zero-order valence-corrected chi connectivity index (χ0v) is 25.0. The third-order valence-electron chi connectivity index (χ3n) is 5.51. The van der Waals surface area contributed by atoms with Crippen LogP contribution in [0.4, 0.5) is 10.7 Å². The number of rotatable bonds is 10. The number of carbonyl (C=O) groups is 4. The topological polar surface area (TPSA) is 178 Å². The highest BCUT2D eigenvalue weighted by atomic mass is 16.6. The van der Waals surface area contributed by atoms with Gasteiger partial charge in [0.1, 0.15) is 11.2 Å². The maximum atomic E-state index is 12.9. The van der Waals surface area contributed by atoms with Gasteiger partial charge < -0.3 is 24.5 Å². The smallest absolute Gasteiger partial charge is 0.407 e. The van der Waals surface area contributed by atoms with Crippen LogP contribution in [0.1, 0.15) is 86.5 Å². The number of fused-ring (bicyclic) bond motifs is 1. The predicted octanol–water partition coefficient (Wildman–Crippen LogP) is 4.68. The van der Waals surface area contributed by atoms with Crippen LogP contribution < -0.4 is 10.6 Å². The van der Waals surface area contributed by atoms with Gasteiger partial charge in [-0.2, -0.15) is 5.10 Å². The van der Waals surface area contributed by atoms with Crippen molar-refractivity contribution in [2.45, 2.75) is 79.1 Å². The molecule has 1 aromatic carbocycles. The van der Waals surface area contributed by atoms with E-state index in [1.165, 1.54) is 12.1 Å². The number of H-pyrrole nitrogens is 1. The normalized spacial score (nSPS) is 12.0. The van der Waals surface area contributed by atoms with Gasteiger partial charge in [-0.05, 0) is 73.1 Å². The summed E-state index contributed by atoms with van der Waals surface area (Å²) >= 11 is 0. The summed E-state index contributed by atoms with van der Waals surface area (Å²) in [6.07, 6.45) is 3.04. The number of esters is 1. The first-order chi connectivity index (χ1) is 19.5. The maximum Gasteiger partial charge on any atom is 0.407 e. The number of anilines is 1. The Hall–Kier alpha value is -4.68. The largest absolute Gasteiger partial charge is 0.478 e.